The van der Waals surface area contributed by atoms with Gasteiger partial charge in [-0.1, -0.05) is 26.0 Å². The molecular formula is C22H21NO5. The normalized spacial score (nSPS) is 10.7. The van der Waals surface area contributed by atoms with E-state index in [9.17, 15) is 9.59 Å². The van der Waals surface area contributed by atoms with Crippen LogP contribution in [0.15, 0.2) is 59.0 Å². The number of carboxylic acids is 1. The molecule has 3 aromatic rings. The van der Waals surface area contributed by atoms with Crippen molar-refractivity contribution in [2.75, 3.05) is 12.4 Å². The Bertz CT molecular complexity index is 1000. The van der Waals surface area contributed by atoms with Gasteiger partial charge >= 0.3 is 5.97 Å². The van der Waals surface area contributed by atoms with Crippen LogP contribution in [0, 0.1) is 0 Å². The van der Waals surface area contributed by atoms with E-state index in [1.165, 1.54) is 18.7 Å². The van der Waals surface area contributed by atoms with Crippen molar-refractivity contribution in [1.82, 2.24) is 0 Å². The van der Waals surface area contributed by atoms with E-state index in [1.807, 2.05) is 12.1 Å². The number of carbonyl (C=O) groups excluding carboxylic acids is 1. The summed E-state index contributed by atoms with van der Waals surface area (Å²) in [5.41, 5.74) is 2.88. The molecule has 0 bridgehead atoms. The number of amides is 1. The highest BCUT2D eigenvalue weighted by atomic mass is 16.5. The minimum absolute atomic E-state index is 0.153. The van der Waals surface area contributed by atoms with Crippen LogP contribution in [0.2, 0.25) is 0 Å². The first-order chi connectivity index (χ1) is 13.4. The van der Waals surface area contributed by atoms with Crippen molar-refractivity contribution in [2.45, 2.75) is 19.8 Å². The fourth-order valence-corrected chi connectivity index (χ4v) is 2.79. The van der Waals surface area contributed by atoms with Crippen LogP contribution in [0.4, 0.5) is 5.69 Å². The number of carboxylic acid groups (broad SMARTS) is 1. The molecule has 1 amide bonds. The van der Waals surface area contributed by atoms with Crippen LogP contribution in [0.1, 0.15) is 46.2 Å². The summed E-state index contributed by atoms with van der Waals surface area (Å²) in [5.74, 6) is -0.291. The number of aromatic carboxylic acids is 1. The molecule has 28 heavy (non-hydrogen) atoms. The molecule has 0 fully saturated rings. The molecule has 0 radical (unpaired) electrons. The van der Waals surface area contributed by atoms with Gasteiger partial charge in [-0.25, -0.2) is 4.79 Å². The third kappa shape index (κ3) is 4.06. The first kappa shape index (κ1) is 19.2. The van der Waals surface area contributed by atoms with Gasteiger partial charge in [0.1, 0.15) is 11.5 Å². The lowest BCUT2D eigenvalue weighted by atomic mass is 10.0. The van der Waals surface area contributed by atoms with Crippen LogP contribution in [-0.4, -0.2) is 24.1 Å². The van der Waals surface area contributed by atoms with Crippen LogP contribution < -0.4 is 10.1 Å². The molecule has 2 N–H and O–H groups in total. The van der Waals surface area contributed by atoms with Crippen molar-refractivity contribution in [3.05, 3.63) is 71.5 Å². The average molecular weight is 379 g/mol. The molecule has 0 saturated heterocycles. The quantitative estimate of drug-likeness (QED) is 0.627. The van der Waals surface area contributed by atoms with Crippen molar-refractivity contribution in [1.29, 1.82) is 0 Å². The first-order valence-electron chi connectivity index (χ1n) is 8.82. The van der Waals surface area contributed by atoms with Crippen molar-refractivity contribution in [2.24, 2.45) is 0 Å². The van der Waals surface area contributed by atoms with Crippen LogP contribution in [0.3, 0.4) is 0 Å². The van der Waals surface area contributed by atoms with Crippen molar-refractivity contribution < 1.29 is 23.8 Å². The first-order valence-corrected chi connectivity index (χ1v) is 8.82. The molecule has 0 unspecified atom stereocenters. The van der Waals surface area contributed by atoms with Crippen LogP contribution in [-0.2, 0) is 0 Å². The number of ether oxygens (including phenoxy) is 1. The van der Waals surface area contributed by atoms with E-state index in [-0.39, 0.29) is 11.7 Å². The van der Waals surface area contributed by atoms with Gasteiger partial charge in [0.25, 0.3) is 5.91 Å². The maximum absolute atomic E-state index is 12.5. The number of rotatable bonds is 6. The Labute approximate surface area is 162 Å². The monoisotopic (exact) mass is 379 g/mol. The number of carbonyl (C=O) groups is 2. The van der Waals surface area contributed by atoms with Gasteiger partial charge in [-0.05, 0) is 47.9 Å². The fraction of sp³-hybridized carbons (Fsp3) is 0.182. The number of nitrogens with one attached hydrogen (secondary N) is 1. The smallest absolute Gasteiger partial charge is 0.371 e. The Balaban J connectivity index is 1.81. The molecule has 0 aliphatic rings. The lowest BCUT2D eigenvalue weighted by Gasteiger charge is -2.11. The topological polar surface area (TPSA) is 88.8 Å². The molecule has 0 saturated carbocycles. The van der Waals surface area contributed by atoms with E-state index in [2.05, 4.69) is 19.2 Å². The van der Waals surface area contributed by atoms with Gasteiger partial charge in [-0.2, -0.15) is 0 Å². The zero-order valence-electron chi connectivity index (χ0n) is 15.9. The Morgan fingerprint density at radius 1 is 1.04 bits per heavy atom. The van der Waals surface area contributed by atoms with Gasteiger partial charge in [0.05, 0.1) is 12.7 Å². The Kier molecular flexibility index (Phi) is 5.49. The minimum atomic E-state index is -1.14. The maximum Gasteiger partial charge on any atom is 0.371 e. The summed E-state index contributed by atoms with van der Waals surface area (Å²) in [6, 6.07) is 15.5. The van der Waals surface area contributed by atoms with E-state index in [1.54, 1.807) is 36.4 Å². The number of hydrogen-bond acceptors (Lipinski definition) is 4. The molecule has 1 heterocycles. The summed E-state index contributed by atoms with van der Waals surface area (Å²) < 4.78 is 10.7. The van der Waals surface area contributed by atoms with Crippen LogP contribution in [0.5, 0.6) is 5.75 Å². The SMILES string of the molecule is COc1cc(NC(=O)c2ccc(C(C)C)cc2)ccc1-c1ccc(C(=O)O)o1. The summed E-state index contributed by atoms with van der Waals surface area (Å²) in [6.07, 6.45) is 0. The zero-order chi connectivity index (χ0) is 20.3. The lowest BCUT2D eigenvalue weighted by Crippen LogP contribution is -2.12. The van der Waals surface area contributed by atoms with E-state index in [0.29, 0.717) is 34.2 Å². The molecule has 144 valence electrons. The summed E-state index contributed by atoms with van der Waals surface area (Å²) in [6.45, 7) is 4.20. The van der Waals surface area contributed by atoms with Crippen molar-refractivity contribution >= 4 is 17.6 Å². The summed E-state index contributed by atoms with van der Waals surface area (Å²) in [4.78, 5) is 23.5. The third-order valence-corrected chi connectivity index (χ3v) is 4.38. The van der Waals surface area contributed by atoms with E-state index in [0.717, 1.165) is 0 Å². The van der Waals surface area contributed by atoms with E-state index < -0.39 is 5.97 Å². The second-order valence-electron chi connectivity index (χ2n) is 6.61. The molecule has 2 aromatic carbocycles. The third-order valence-electron chi connectivity index (χ3n) is 4.38. The number of methoxy groups -OCH3 is 1. The Hall–Kier alpha value is -3.54. The van der Waals surface area contributed by atoms with Gasteiger partial charge < -0.3 is 19.6 Å². The van der Waals surface area contributed by atoms with Crippen molar-refractivity contribution in [3.8, 4) is 17.1 Å². The van der Waals surface area contributed by atoms with Crippen LogP contribution in [0.25, 0.3) is 11.3 Å². The molecule has 6 heteroatoms. The number of benzene rings is 2. The predicted octanol–water partition coefficient (Wildman–Crippen LogP) is 5.03. The van der Waals surface area contributed by atoms with E-state index >= 15 is 0 Å². The second-order valence-corrected chi connectivity index (χ2v) is 6.61. The standard InChI is InChI=1S/C22H21NO5/c1-13(2)14-4-6-15(7-5-14)21(24)23-16-8-9-17(20(12-16)27-3)18-10-11-19(28-18)22(25)26/h4-13H,1-3H3,(H,23,24)(H,25,26). The highest BCUT2D eigenvalue weighted by Crippen LogP contribution is 2.33. The Morgan fingerprint density at radius 2 is 1.75 bits per heavy atom. The molecular weight excluding hydrogens is 358 g/mol. The number of furan rings is 1. The highest BCUT2D eigenvalue weighted by Gasteiger charge is 2.15. The van der Waals surface area contributed by atoms with Gasteiger partial charge in [0.15, 0.2) is 0 Å². The number of anilines is 1. The summed E-state index contributed by atoms with van der Waals surface area (Å²) in [7, 11) is 1.50. The summed E-state index contributed by atoms with van der Waals surface area (Å²) >= 11 is 0. The van der Waals surface area contributed by atoms with Gasteiger partial charge in [-0.15, -0.1) is 0 Å². The van der Waals surface area contributed by atoms with Gasteiger partial charge in [0.2, 0.25) is 5.76 Å². The molecule has 0 aliphatic carbocycles. The average Bonchev–Trinajstić information content (AvgIpc) is 3.18. The molecule has 6 nitrogen and oxygen atoms in total. The van der Waals surface area contributed by atoms with Crippen LogP contribution >= 0.6 is 0 Å². The Morgan fingerprint density at radius 3 is 2.32 bits per heavy atom. The van der Waals surface area contributed by atoms with Gasteiger partial charge in [0, 0.05) is 17.3 Å². The molecule has 0 aliphatic heterocycles. The maximum atomic E-state index is 12.5. The fourth-order valence-electron chi connectivity index (χ4n) is 2.79. The largest absolute Gasteiger partial charge is 0.496 e. The molecule has 1 aromatic heterocycles. The van der Waals surface area contributed by atoms with Crippen molar-refractivity contribution in [3.63, 3.8) is 0 Å². The minimum Gasteiger partial charge on any atom is -0.496 e. The highest BCUT2D eigenvalue weighted by molar-refractivity contribution is 6.04. The van der Waals surface area contributed by atoms with E-state index in [4.69, 9.17) is 14.3 Å². The lowest BCUT2D eigenvalue weighted by molar-refractivity contribution is 0.0663. The summed E-state index contributed by atoms with van der Waals surface area (Å²) in [5, 5.41) is 11.8. The molecule has 0 atom stereocenters. The number of hydrogen-bond donors (Lipinski definition) is 2. The second kappa shape index (κ2) is 8.00. The molecule has 0 spiro atoms. The zero-order valence-corrected chi connectivity index (χ0v) is 15.9. The predicted molar refractivity (Wildman–Crippen MR) is 106 cm³/mol. The molecule has 3 rings (SSSR count). The van der Waals surface area contributed by atoms with Gasteiger partial charge in [-0.3, -0.25) is 4.79 Å².